The third-order valence-electron chi connectivity index (χ3n) is 4.08. The fourth-order valence-corrected chi connectivity index (χ4v) is 4.11. The molecule has 1 aromatic heterocycles. The van der Waals surface area contributed by atoms with Gasteiger partial charge < -0.3 is 15.7 Å². The minimum Gasteiger partial charge on any atom is -0.363 e. The average molecular weight is 465 g/mol. The van der Waals surface area contributed by atoms with E-state index in [0.717, 1.165) is 15.8 Å². The molecule has 0 aliphatic carbocycles. The second-order valence-electron chi connectivity index (χ2n) is 5.71. The highest BCUT2D eigenvalue weighted by Crippen LogP contribution is 2.44. The fourth-order valence-electron chi connectivity index (χ4n) is 2.86. The molecule has 0 saturated carbocycles. The second-order valence-corrected chi connectivity index (χ2v) is 7.98. The number of halogens is 4. The number of ketones is 1. The zero-order valence-electron chi connectivity index (χ0n) is 12.9. The monoisotopic (exact) mass is 464 g/mol. The summed E-state index contributed by atoms with van der Waals surface area (Å²) in [6.07, 6.45) is -5.12. The van der Waals surface area contributed by atoms with Crippen LogP contribution in [0.5, 0.6) is 0 Å². The normalized spacial score (nSPS) is 26.1. The van der Waals surface area contributed by atoms with Crippen LogP contribution in [0, 0.1) is 5.92 Å². The van der Waals surface area contributed by atoms with Crippen LogP contribution in [0.3, 0.4) is 0 Å². The van der Waals surface area contributed by atoms with E-state index in [2.05, 4.69) is 21.2 Å². The molecule has 1 aromatic carbocycles. The van der Waals surface area contributed by atoms with Crippen LogP contribution >= 0.6 is 39.5 Å². The number of hydrogen-bond acceptors (Lipinski definition) is 4. The van der Waals surface area contributed by atoms with Crippen molar-refractivity contribution in [3.8, 4) is 0 Å². The lowest BCUT2D eigenvalue weighted by atomic mass is 9.79. The minimum atomic E-state index is -5.12. The number of Topliss-reactive ketones (excluding diaryl/α,β-unsaturated/α-hetero) is 1. The third-order valence-corrected chi connectivity index (χ3v) is 5.71. The molecule has 0 bridgehead atoms. The maximum absolute atomic E-state index is 13.7. The molecular weight excluding hydrogens is 453 g/mol. The first kappa shape index (κ1) is 19.3. The van der Waals surface area contributed by atoms with E-state index in [4.69, 9.17) is 12.2 Å². The summed E-state index contributed by atoms with van der Waals surface area (Å²) >= 11 is 9.14. The fraction of sp³-hybridized carbons (Fsp3) is 0.250. The van der Waals surface area contributed by atoms with Crippen LogP contribution in [0.15, 0.2) is 46.3 Å². The van der Waals surface area contributed by atoms with Gasteiger partial charge in [0, 0.05) is 4.47 Å². The molecule has 10 heteroatoms. The Balaban J connectivity index is 2.14. The van der Waals surface area contributed by atoms with Crippen molar-refractivity contribution in [2.75, 3.05) is 0 Å². The molecule has 0 unspecified atom stereocenters. The van der Waals surface area contributed by atoms with E-state index < -0.39 is 29.6 Å². The number of alkyl halides is 3. The number of carbonyl (C=O) groups excluding carboxylic acids is 1. The zero-order valence-corrected chi connectivity index (χ0v) is 16.1. The second kappa shape index (κ2) is 6.91. The number of hydrogen-bond donors (Lipinski definition) is 3. The number of carbonyl (C=O) groups is 1. The predicted octanol–water partition coefficient (Wildman–Crippen LogP) is 3.78. The summed E-state index contributed by atoms with van der Waals surface area (Å²) in [6, 6.07) is 8.26. The molecule has 4 nitrogen and oxygen atoms in total. The van der Waals surface area contributed by atoms with Crippen LogP contribution in [0.2, 0.25) is 0 Å². The summed E-state index contributed by atoms with van der Waals surface area (Å²) < 4.78 is 42.0. The molecule has 1 aliphatic rings. The Labute approximate surface area is 164 Å². The van der Waals surface area contributed by atoms with Crippen molar-refractivity contribution in [3.05, 3.63) is 56.7 Å². The van der Waals surface area contributed by atoms with Gasteiger partial charge >= 0.3 is 6.18 Å². The van der Waals surface area contributed by atoms with Gasteiger partial charge in [-0.25, -0.2) is 0 Å². The SMILES string of the molecule is O=C(c1cccs1)[C@@H]1[C@@H](c2ccc(Br)cc2)NC(=S)N[C@@]1(O)C(F)(F)F. The number of rotatable bonds is 3. The maximum atomic E-state index is 13.7. The first-order valence-electron chi connectivity index (χ1n) is 7.34. The van der Waals surface area contributed by atoms with Crippen LogP contribution in [-0.4, -0.2) is 27.9 Å². The summed E-state index contributed by atoms with van der Waals surface area (Å²) in [7, 11) is 0. The molecule has 0 radical (unpaired) electrons. The standard InChI is InChI=1S/C16H12BrF3N2O2S2/c17-9-5-3-8(4-6-9)12-11(13(23)10-2-1-7-26-10)15(24,16(18,19)20)22-14(25)21-12/h1-7,11-12,24H,(H2,21,22,25)/t11-,12+,15-/m0/s1. The summed E-state index contributed by atoms with van der Waals surface area (Å²) in [5, 5.41) is 16.3. The van der Waals surface area contributed by atoms with E-state index in [0.29, 0.717) is 5.56 Å². The Bertz CT molecular complexity index is 827. The summed E-state index contributed by atoms with van der Waals surface area (Å²) in [4.78, 5) is 13.0. The van der Waals surface area contributed by atoms with Crippen molar-refractivity contribution < 1.29 is 23.1 Å². The average Bonchev–Trinajstić information content (AvgIpc) is 3.08. The van der Waals surface area contributed by atoms with Gasteiger partial charge in [0.1, 0.15) is 5.92 Å². The first-order valence-corrected chi connectivity index (χ1v) is 9.42. The van der Waals surface area contributed by atoms with Crippen molar-refractivity contribution in [1.82, 2.24) is 10.6 Å². The Morgan fingerprint density at radius 1 is 1.27 bits per heavy atom. The summed E-state index contributed by atoms with van der Waals surface area (Å²) in [5.41, 5.74) is -3.09. The van der Waals surface area contributed by atoms with Crippen LogP contribution in [0.4, 0.5) is 13.2 Å². The van der Waals surface area contributed by atoms with E-state index in [1.165, 1.54) is 6.07 Å². The lowest BCUT2D eigenvalue weighted by Crippen LogP contribution is -2.72. The quantitative estimate of drug-likeness (QED) is 0.476. The molecule has 26 heavy (non-hydrogen) atoms. The van der Waals surface area contributed by atoms with Gasteiger partial charge in [-0.2, -0.15) is 13.2 Å². The van der Waals surface area contributed by atoms with Crippen molar-refractivity contribution in [3.63, 3.8) is 0 Å². The van der Waals surface area contributed by atoms with Crippen molar-refractivity contribution in [2.45, 2.75) is 17.9 Å². The summed E-state index contributed by atoms with van der Waals surface area (Å²) in [5.74, 6) is -2.69. The van der Waals surface area contributed by atoms with Crippen molar-refractivity contribution in [1.29, 1.82) is 0 Å². The highest BCUT2D eigenvalue weighted by atomic mass is 79.9. The number of thiocarbonyl (C=S) groups is 1. The van der Waals surface area contributed by atoms with E-state index in [1.54, 1.807) is 35.7 Å². The van der Waals surface area contributed by atoms with Gasteiger partial charge in [0.05, 0.1) is 10.9 Å². The molecule has 138 valence electrons. The van der Waals surface area contributed by atoms with Gasteiger partial charge in [0.15, 0.2) is 10.9 Å². The number of nitrogens with one attached hydrogen (secondary N) is 2. The Hall–Kier alpha value is -1.49. The molecule has 3 atom stereocenters. The molecule has 0 amide bonds. The van der Waals surface area contributed by atoms with Crippen molar-refractivity contribution in [2.24, 2.45) is 5.92 Å². The number of benzene rings is 1. The van der Waals surface area contributed by atoms with E-state index >= 15 is 0 Å². The molecule has 1 aliphatic heterocycles. The third kappa shape index (κ3) is 3.38. The lowest BCUT2D eigenvalue weighted by Gasteiger charge is -2.46. The van der Waals surface area contributed by atoms with Gasteiger partial charge in [-0.3, -0.25) is 4.79 Å². The smallest absolute Gasteiger partial charge is 0.363 e. The van der Waals surface area contributed by atoms with Crippen LogP contribution in [0.25, 0.3) is 0 Å². The Kier molecular flexibility index (Phi) is 5.13. The molecule has 1 fully saturated rings. The van der Waals surface area contributed by atoms with Crippen LogP contribution in [-0.2, 0) is 0 Å². The van der Waals surface area contributed by atoms with E-state index in [1.807, 2.05) is 5.32 Å². The molecular formula is C16H12BrF3N2O2S2. The molecule has 2 heterocycles. The van der Waals surface area contributed by atoms with Gasteiger partial charge in [0.2, 0.25) is 5.72 Å². The Morgan fingerprint density at radius 2 is 1.92 bits per heavy atom. The van der Waals surface area contributed by atoms with Gasteiger partial charge in [-0.05, 0) is 41.4 Å². The highest BCUT2D eigenvalue weighted by molar-refractivity contribution is 9.10. The predicted molar refractivity (Wildman–Crippen MR) is 98.9 cm³/mol. The Morgan fingerprint density at radius 3 is 2.46 bits per heavy atom. The minimum absolute atomic E-state index is 0.121. The molecule has 1 saturated heterocycles. The zero-order chi connectivity index (χ0) is 19.1. The van der Waals surface area contributed by atoms with E-state index in [9.17, 15) is 23.1 Å². The number of thiophene rings is 1. The highest BCUT2D eigenvalue weighted by Gasteiger charge is 2.65. The number of aliphatic hydroxyl groups is 1. The molecule has 2 aromatic rings. The topological polar surface area (TPSA) is 61.4 Å². The van der Waals surface area contributed by atoms with Crippen LogP contribution in [0.1, 0.15) is 21.3 Å². The first-order chi connectivity index (χ1) is 12.1. The van der Waals surface area contributed by atoms with Gasteiger partial charge in [-0.15, -0.1) is 11.3 Å². The molecule has 3 rings (SSSR count). The van der Waals surface area contributed by atoms with Crippen molar-refractivity contribution >= 4 is 50.4 Å². The van der Waals surface area contributed by atoms with Crippen LogP contribution < -0.4 is 10.6 Å². The lowest BCUT2D eigenvalue weighted by molar-refractivity contribution is -0.285. The largest absolute Gasteiger partial charge is 0.437 e. The van der Waals surface area contributed by atoms with E-state index in [-0.39, 0.29) is 9.99 Å². The molecule has 3 N–H and O–H groups in total. The molecule has 0 spiro atoms. The van der Waals surface area contributed by atoms with Gasteiger partial charge in [-0.1, -0.05) is 34.1 Å². The van der Waals surface area contributed by atoms with Gasteiger partial charge in [0.25, 0.3) is 0 Å². The maximum Gasteiger partial charge on any atom is 0.437 e. The summed E-state index contributed by atoms with van der Waals surface area (Å²) in [6.45, 7) is 0.